The molecule has 2 aromatic rings. The van der Waals surface area contributed by atoms with Gasteiger partial charge < -0.3 is 86.6 Å². The van der Waals surface area contributed by atoms with Gasteiger partial charge in [-0.2, -0.15) is 0 Å². The number of rotatable bonds is 7. The van der Waals surface area contributed by atoms with E-state index >= 15 is 0 Å². The van der Waals surface area contributed by atoms with Crippen LogP contribution in [-0.2, 0) is 14.2 Å². The first-order chi connectivity index (χ1) is 27.3. The molecule has 3 saturated heterocycles. The minimum absolute atomic E-state index is 0.177. The molecule has 2 aromatic heterocycles. The Kier molecular flexibility index (Phi) is 12.8. The molecule has 0 saturated carbocycles. The summed E-state index contributed by atoms with van der Waals surface area (Å²) in [6.07, 6.45) is -1.76. The molecule has 5 aliphatic rings. The van der Waals surface area contributed by atoms with E-state index < -0.39 is 85.5 Å². The fourth-order valence-electron chi connectivity index (χ4n) is 6.67. The largest absolute Gasteiger partial charge is 0.394 e. The Morgan fingerprint density at radius 3 is 1.98 bits per heavy atom. The number of hydrogen-bond donors (Lipinski definition) is 11. The minimum atomic E-state index is -2.05. The zero-order valence-corrected chi connectivity index (χ0v) is 31.2. The highest BCUT2D eigenvalue weighted by Crippen LogP contribution is 2.41. The van der Waals surface area contributed by atoms with Gasteiger partial charge in [0.15, 0.2) is 24.4 Å². The predicted octanol–water partition coefficient (Wildman–Crippen LogP) is -2.81. The number of nitrogens with zero attached hydrogens (tertiary/aromatic N) is 10. The van der Waals surface area contributed by atoms with Gasteiger partial charge in [-0.3, -0.25) is 0 Å². The average Bonchev–Trinajstić information content (AvgIpc) is 3.85. The molecule has 316 valence electrons. The number of nitrogens with two attached hydrogens (primary N) is 3. The van der Waals surface area contributed by atoms with E-state index in [0.29, 0.717) is 16.9 Å². The Hall–Kier alpha value is -5.28. The van der Waals surface area contributed by atoms with E-state index in [1.807, 2.05) is 0 Å². The molecule has 7 heterocycles. The molecule has 3 fully saturated rings. The first-order valence-electron chi connectivity index (χ1n) is 17.4. The van der Waals surface area contributed by atoms with E-state index in [-0.39, 0.29) is 29.9 Å². The van der Waals surface area contributed by atoms with Gasteiger partial charge in [-0.25, -0.2) is 24.3 Å². The SMILES string of the molecule is C=C1N=C(N)C=CN1[C@@H]1O[C@@](CO)(N=[N+]=[N-])C(O)[C@@H]1O.C=C1N=C(N)C=CN1[C@@H]1O[C@H](CO)C(O)[C@]1(C)F.C[C@]1(O)C(O)[C@@H](CO)O[C@H]1n1ccc2c(N)ncnc21. The van der Waals surface area contributed by atoms with Gasteiger partial charge in [-0.15, -0.1) is 0 Å². The minimum Gasteiger partial charge on any atom is -0.394 e. The fourth-order valence-corrected chi connectivity index (χ4v) is 6.67. The van der Waals surface area contributed by atoms with Gasteiger partial charge in [0.1, 0.15) is 83.3 Å². The standard InChI is InChI=1S/C12H16N4O4.C11H16FN3O3.C10H14N6O4/c1-12(19)8(18)7(4-17)20-11(12)16-3-2-6-9(13)14-5-15-10(6)16;1-6-14-8(13)3-4-15(6)10-11(2,12)9(17)7(5-16)18-10;1-5-13-6(11)2-3-16(5)9-7(18)8(19)10(4-17,20-9)14-15-12/h2-3,5,7-8,11,17-19H,4H2,1H3,(H2,13,14,15);3-4,7,9-10,16-17H,1,5H2,2H3,(H2,13,14);2-3,7-9,17-19H,1,4H2,(H2,11,13)/t7-,8?,11-,12+;7-,9?,10-,11+;7-,8?,9+,10+/m110/s1. The molecule has 0 bridgehead atoms. The molecule has 0 aromatic carbocycles. The van der Waals surface area contributed by atoms with Crippen molar-refractivity contribution in [1.29, 1.82) is 0 Å². The third-order valence-electron chi connectivity index (χ3n) is 9.92. The second-order valence-electron chi connectivity index (χ2n) is 13.9. The lowest BCUT2D eigenvalue weighted by atomic mass is 9.96. The number of aliphatic hydroxyl groups excluding tert-OH is 7. The molecule has 58 heavy (non-hydrogen) atoms. The Morgan fingerprint density at radius 1 is 0.897 bits per heavy atom. The van der Waals surface area contributed by atoms with E-state index in [9.17, 15) is 40.1 Å². The van der Waals surface area contributed by atoms with Crippen LogP contribution in [0.5, 0.6) is 0 Å². The summed E-state index contributed by atoms with van der Waals surface area (Å²) in [5.74, 6) is 1.20. The van der Waals surface area contributed by atoms with Crippen molar-refractivity contribution in [2.75, 3.05) is 25.6 Å². The van der Waals surface area contributed by atoms with E-state index in [2.05, 4.69) is 43.1 Å². The van der Waals surface area contributed by atoms with Crippen LogP contribution in [0, 0.1) is 0 Å². The maximum atomic E-state index is 14.5. The third-order valence-corrected chi connectivity index (χ3v) is 9.92. The molecular weight excluding hydrogens is 773 g/mol. The fraction of sp³-hybridized carbons (Fsp3) is 0.515. The number of alkyl halides is 1. The zero-order chi connectivity index (χ0) is 42.9. The summed E-state index contributed by atoms with van der Waals surface area (Å²) in [6.45, 7) is 8.31. The number of aliphatic hydroxyl groups is 8. The lowest BCUT2D eigenvalue weighted by Crippen LogP contribution is -2.48. The van der Waals surface area contributed by atoms with E-state index in [4.69, 9.17) is 42.0 Å². The Morgan fingerprint density at radius 2 is 1.47 bits per heavy atom. The summed E-state index contributed by atoms with van der Waals surface area (Å²) >= 11 is 0. The van der Waals surface area contributed by atoms with Crippen molar-refractivity contribution in [2.24, 2.45) is 26.6 Å². The molecular formula is C33H46FN13O11. The van der Waals surface area contributed by atoms with Crippen molar-refractivity contribution in [1.82, 2.24) is 24.3 Å². The maximum absolute atomic E-state index is 14.5. The van der Waals surface area contributed by atoms with Crippen LogP contribution >= 0.6 is 0 Å². The van der Waals surface area contributed by atoms with Crippen LogP contribution in [-0.4, -0.2) is 163 Å². The molecule has 7 rings (SSSR count). The molecule has 24 nitrogen and oxygen atoms in total. The van der Waals surface area contributed by atoms with Gasteiger partial charge in [0.2, 0.25) is 5.72 Å². The Bertz CT molecular complexity index is 2040. The topological polar surface area (TPSA) is 378 Å². The maximum Gasteiger partial charge on any atom is 0.200 e. The van der Waals surface area contributed by atoms with Crippen LogP contribution < -0.4 is 17.2 Å². The number of hydrogen-bond acceptors (Lipinski definition) is 21. The second-order valence-corrected chi connectivity index (χ2v) is 13.9. The van der Waals surface area contributed by atoms with Gasteiger partial charge in [0.05, 0.1) is 25.2 Å². The summed E-state index contributed by atoms with van der Waals surface area (Å²) in [5.41, 5.74) is 20.2. The number of anilines is 1. The van der Waals surface area contributed by atoms with E-state index in [1.54, 1.807) is 16.8 Å². The number of azide groups is 1. The lowest BCUT2D eigenvalue weighted by Gasteiger charge is -2.34. The van der Waals surface area contributed by atoms with Crippen LogP contribution in [0.2, 0.25) is 0 Å². The van der Waals surface area contributed by atoms with Crippen molar-refractivity contribution in [3.63, 3.8) is 0 Å². The molecule has 5 aliphatic heterocycles. The molecule has 3 unspecified atom stereocenters. The Labute approximate surface area is 328 Å². The molecule has 25 heteroatoms. The smallest absolute Gasteiger partial charge is 0.200 e. The number of halogens is 1. The second kappa shape index (κ2) is 16.9. The van der Waals surface area contributed by atoms with Crippen molar-refractivity contribution < 1.29 is 59.5 Å². The molecule has 12 atom stereocenters. The lowest BCUT2D eigenvalue weighted by molar-refractivity contribution is -0.130. The van der Waals surface area contributed by atoms with E-state index in [0.717, 1.165) is 0 Å². The summed E-state index contributed by atoms with van der Waals surface area (Å²) in [5, 5.41) is 81.6. The summed E-state index contributed by atoms with van der Waals surface area (Å²) in [4.78, 5) is 21.0. The summed E-state index contributed by atoms with van der Waals surface area (Å²) in [6, 6.07) is 1.71. The van der Waals surface area contributed by atoms with Crippen molar-refractivity contribution in [3.05, 3.63) is 78.4 Å². The summed E-state index contributed by atoms with van der Waals surface area (Å²) in [7, 11) is 0. The average molecular weight is 820 g/mol. The highest BCUT2D eigenvalue weighted by molar-refractivity contribution is 5.93. The molecule has 0 spiro atoms. The molecule has 0 radical (unpaired) electrons. The van der Waals surface area contributed by atoms with Crippen molar-refractivity contribution in [3.8, 4) is 0 Å². The normalized spacial score (nSPS) is 36.8. The highest BCUT2D eigenvalue weighted by Gasteiger charge is 2.57. The quantitative estimate of drug-likeness (QED) is 0.0762. The van der Waals surface area contributed by atoms with Crippen LogP contribution in [0.4, 0.5) is 10.2 Å². The third kappa shape index (κ3) is 7.93. The number of aliphatic imine (C=N–C) groups is 2. The predicted molar refractivity (Wildman–Crippen MR) is 200 cm³/mol. The number of ether oxygens (including phenoxy) is 3. The number of aromatic nitrogens is 3. The summed E-state index contributed by atoms with van der Waals surface area (Å²) < 4.78 is 32.3. The first-order valence-corrected chi connectivity index (χ1v) is 17.4. The highest BCUT2D eigenvalue weighted by atomic mass is 19.1. The van der Waals surface area contributed by atoms with Gasteiger partial charge in [-0.05, 0) is 37.6 Å². The van der Waals surface area contributed by atoms with Gasteiger partial charge in [-0.1, -0.05) is 18.3 Å². The van der Waals surface area contributed by atoms with Crippen LogP contribution in [0.15, 0.2) is 83.0 Å². The first kappa shape index (κ1) is 43.8. The van der Waals surface area contributed by atoms with Gasteiger partial charge >= 0.3 is 0 Å². The van der Waals surface area contributed by atoms with Crippen molar-refractivity contribution >= 4 is 28.5 Å². The van der Waals surface area contributed by atoms with Crippen LogP contribution in [0.3, 0.4) is 0 Å². The van der Waals surface area contributed by atoms with Gasteiger partial charge in [0.25, 0.3) is 0 Å². The van der Waals surface area contributed by atoms with Crippen molar-refractivity contribution in [2.45, 2.75) is 86.1 Å². The molecule has 0 amide bonds. The number of fused-ring (bicyclic) bond motifs is 1. The molecule has 0 aliphatic carbocycles. The monoisotopic (exact) mass is 819 g/mol. The van der Waals surface area contributed by atoms with Crippen LogP contribution in [0.25, 0.3) is 21.5 Å². The Balaban J connectivity index is 0.000000166. The number of amidine groups is 2. The van der Waals surface area contributed by atoms with E-state index in [1.165, 1.54) is 54.5 Å². The zero-order valence-electron chi connectivity index (χ0n) is 31.2. The number of nitrogen functional groups attached to an aromatic ring is 1. The van der Waals surface area contributed by atoms with Crippen LogP contribution in [0.1, 0.15) is 20.1 Å². The molecule has 14 N–H and O–H groups in total. The van der Waals surface area contributed by atoms with Gasteiger partial charge in [0, 0.05) is 23.5 Å².